The van der Waals surface area contributed by atoms with Crippen molar-refractivity contribution >= 4 is 16.7 Å². The number of fused-ring (bicyclic) bond motifs is 1. The highest BCUT2D eigenvalue weighted by atomic mass is 16.5. The van der Waals surface area contributed by atoms with E-state index < -0.39 is 0 Å². The summed E-state index contributed by atoms with van der Waals surface area (Å²) in [5.74, 6) is 0.812. The maximum absolute atomic E-state index is 8.81. The van der Waals surface area contributed by atoms with Gasteiger partial charge in [-0.05, 0) is 18.2 Å². The van der Waals surface area contributed by atoms with E-state index in [0.29, 0.717) is 33.9 Å². The Morgan fingerprint density at radius 3 is 2.95 bits per heavy atom. The van der Waals surface area contributed by atoms with Crippen molar-refractivity contribution in [2.75, 3.05) is 5.73 Å². The van der Waals surface area contributed by atoms with E-state index in [4.69, 9.17) is 15.7 Å². The fourth-order valence-corrected chi connectivity index (χ4v) is 1.84. The van der Waals surface area contributed by atoms with Crippen molar-refractivity contribution < 1.29 is 4.74 Å². The van der Waals surface area contributed by atoms with E-state index in [1.54, 1.807) is 36.1 Å². The SMILES string of the molecule is Cn1ncc2c(Oc3ccc(C#N)cc3N)ncnc21. The molecule has 20 heavy (non-hydrogen) atoms. The highest BCUT2D eigenvalue weighted by Crippen LogP contribution is 2.30. The monoisotopic (exact) mass is 266 g/mol. The molecule has 7 nitrogen and oxygen atoms in total. The first-order valence-electron chi connectivity index (χ1n) is 5.79. The average molecular weight is 266 g/mol. The van der Waals surface area contributed by atoms with E-state index in [1.165, 1.54) is 6.33 Å². The van der Waals surface area contributed by atoms with E-state index >= 15 is 0 Å². The normalized spacial score (nSPS) is 10.4. The lowest BCUT2D eigenvalue weighted by molar-refractivity contribution is 0.470. The second-order valence-electron chi connectivity index (χ2n) is 4.15. The van der Waals surface area contributed by atoms with Crippen molar-refractivity contribution in [3.63, 3.8) is 0 Å². The molecule has 0 spiro atoms. The predicted molar refractivity (Wildman–Crippen MR) is 71.9 cm³/mol. The minimum Gasteiger partial charge on any atom is -0.436 e. The first kappa shape index (κ1) is 11.9. The zero-order chi connectivity index (χ0) is 14.1. The number of benzene rings is 1. The molecule has 0 saturated carbocycles. The van der Waals surface area contributed by atoms with Crippen LogP contribution in [0.2, 0.25) is 0 Å². The molecule has 0 atom stereocenters. The standard InChI is InChI=1S/C13H10N6O/c1-19-12-9(6-18-19)13(17-7-16-12)20-11-3-2-8(5-14)4-10(11)15/h2-4,6-7H,15H2,1H3. The third-order valence-electron chi connectivity index (χ3n) is 2.84. The van der Waals surface area contributed by atoms with Gasteiger partial charge in [0.15, 0.2) is 11.4 Å². The summed E-state index contributed by atoms with van der Waals surface area (Å²) in [6.45, 7) is 0. The van der Waals surface area contributed by atoms with Gasteiger partial charge in [0, 0.05) is 7.05 Å². The topological polar surface area (TPSA) is 103 Å². The van der Waals surface area contributed by atoms with Gasteiger partial charge in [-0.1, -0.05) is 0 Å². The zero-order valence-electron chi connectivity index (χ0n) is 10.6. The molecule has 98 valence electrons. The second kappa shape index (κ2) is 4.51. The van der Waals surface area contributed by atoms with Crippen LogP contribution < -0.4 is 10.5 Å². The van der Waals surface area contributed by atoms with Crippen molar-refractivity contribution in [1.29, 1.82) is 5.26 Å². The molecular weight excluding hydrogens is 256 g/mol. The van der Waals surface area contributed by atoms with Gasteiger partial charge >= 0.3 is 0 Å². The average Bonchev–Trinajstić information content (AvgIpc) is 2.84. The van der Waals surface area contributed by atoms with Crippen molar-refractivity contribution in [1.82, 2.24) is 19.7 Å². The van der Waals surface area contributed by atoms with Crippen LogP contribution in [-0.2, 0) is 7.05 Å². The molecule has 2 aromatic heterocycles. The van der Waals surface area contributed by atoms with Crippen molar-refractivity contribution in [3.05, 3.63) is 36.3 Å². The Kier molecular flexibility index (Phi) is 2.69. The number of aryl methyl sites for hydroxylation is 1. The van der Waals surface area contributed by atoms with Crippen molar-refractivity contribution in [2.45, 2.75) is 0 Å². The smallest absolute Gasteiger partial charge is 0.233 e. The summed E-state index contributed by atoms with van der Waals surface area (Å²) in [4.78, 5) is 8.22. The number of rotatable bonds is 2. The summed E-state index contributed by atoms with van der Waals surface area (Å²) >= 11 is 0. The molecule has 3 aromatic rings. The fraction of sp³-hybridized carbons (Fsp3) is 0.0769. The van der Waals surface area contributed by atoms with E-state index in [2.05, 4.69) is 15.1 Å². The Morgan fingerprint density at radius 1 is 1.35 bits per heavy atom. The molecule has 0 aliphatic heterocycles. The van der Waals surface area contributed by atoms with Crippen LogP contribution in [0.4, 0.5) is 5.69 Å². The van der Waals surface area contributed by atoms with Gasteiger partial charge < -0.3 is 10.5 Å². The molecule has 0 bridgehead atoms. The molecule has 0 amide bonds. The maximum atomic E-state index is 8.81. The molecule has 0 unspecified atom stereocenters. The van der Waals surface area contributed by atoms with E-state index in [1.807, 2.05) is 6.07 Å². The molecule has 0 radical (unpaired) electrons. The summed E-state index contributed by atoms with van der Waals surface area (Å²) in [5, 5.41) is 13.6. The van der Waals surface area contributed by atoms with Gasteiger partial charge in [0.05, 0.1) is 23.5 Å². The number of anilines is 1. The Morgan fingerprint density at radius 2 is 2.20 bits per heavy atom. The maximum Gasteiger partial charge on any atom is 0.233 e. The minimum absolute atomic E-state index is 0.375. The molecule has 2 heterocycles. The number of nitrogens with zero attached hydrogens (tertiary/aromatic N) is 5. The summed E-state index contributed by atoms with van der Waals surface area (Å²) in [5.41, 5.74) is 7.37. The van der Waals surface area contributed by atoms with E-state index in [-0.39, 0.29) is 0 Å². The quantitative estimate of drug-likeness (QED) is 0.707. The van der Waals surface area contributed by atoms with Gasteiger partial charge in [-0.2, -0.15) is 10.4 Å². The first-order chi connectivity index (χ1) is 9.69. The number of hydrogen-bond donors (Lipinski definition) is 1. The van der Waals surface area contributed by atoms with Crippen LogP contribution in [0.15, 0.2) is 30.7 Å². The van der Waals surface area contributed by atoms with Crippen molar-refractivity contribution in [3.8, 4) is 17.7 Å². The number of nitrogens with two attached hydrogens (primary N) is 1. The lowest BCUT2D eigenvalue weighted by atomic mass is 10.2. The summed E-state index contributed by atoms with van der Waals surface area (Å²) in [6.07, 6.45) is 3.03. The van der Waals surface area contributed by atoms with Gasteiger partial charge in [-0.15, -0.1) is 0 Å². The molecule has 2 N–H and O–H groups in total. The molecule has 0 saturated heterocycles. The highest BCUT2D eigenvalue weighted by molar-refractivity contribution is 5.80. The number of hydrogen-bond acceptors (Lipinski definition) is 6. The molecule has 3 rings (SSSR count). The third kappa shape index (κ3) is 1.89. The van der Waals surface area contributed by atoms with Crippen LogP contribution in [0.1, 0.15) is 5.56 Å². The second-order valence-corrected chi connectivity index (χ2v) is 4.15. The molecular formula is C13H10N6O. The lowest BCUT2D eigenvalue weighted by Crippen LogP contribution is -1.96. The van der Waals surface area contributed by atoms with Gasteiger partial charge in [0.2, 0.25) is 5.88 Å². The van der Waals surface area contributed by atoms with Crippen LogP contribution in [0, 0.1) is 11.3 Å². The molecule has 1 aromatic carbocycles. The first-order valence-corrected chi connectivity index (χ1v) is 5.79. The predicted octanol–water partition coefficient (Wildman–Crippen LogP) is 1.61. The van der Waals surface area contributed by atoms with Crippen LogP contribution in [0.25, 0.3) is 11.0 Å². The fourth-order valence-electron chi connectivity index (χ4n) is 1.84. The van der Waals surface area contributed by atoms with E-state index in [9.17, 15) is 0 Å². The van der Waals surface area contributed by atoms with Gasteiger partial charge in [0.25, 0.3) is 0 Å². The molecule has 0 aliphatic carbocycles. The summed E-state index contributed by atoms with van der Waals surface area (Å²) < 4.78 is 7.33. The van der Waals surface area contributed by atoms with Gasteiger partial charge in [0.1, 0.15) is 11.7 Å². The lowest BCUT2D eigenvalue weighted by Gasteiger charge is -2.08. The number of ether oxygens (including phenoxy) is 1. The third-order valence-corrected chi connectivity index (χ3v) is 2.84. The number of nitriles is 1. The van der Waals surface area contributed by atoms with Crippen LogP contribution in [0.3, 0.4) is 0 Å². The molecule has 7 heteroatoms. The Hall–Kier alpha value is -3.14. The molecule has 0 fully saturated rings. The summed E-state index contributed by atoms with van der Waals surface area (Å²) in [6, 6.07) is 6.84. The largest absolute Gasteiger partial charge is 0.436 e. The zero-order valence-corrected chi connectivity index (χ0v) is 10.6. The van der Waals surface area contributed by atoms with E-state index in [0.717, 1.165) is 0 Å². The van der Waals surface area contributed by atoms with Gasteiger partial charge in [-0.25, -0.2) is 9.97 Å². The minimum atomic E-state index is 0.375. The van der Waals surface area contributed by atoms with Crippen LogP contribution in [0.5, 0.6) is 11.6 Å². The van der Waals surface area contributed by atoms with Crippen LogP contribution in [-0.4, -0.2) is 19.7 Å². The Labute approximate surface area is 114 Å². The van der Waals surface area contributed by atoms with Crippen LogP contribution >= 0.6 is 0 Å². The Bertz CT molecular complexity index is 832. The number of nitrogen functional groups attached to an aromatic ring is 1. The Balaban J connectivity index is 2.04. The number of aromatic nitrogens is 4. The molecule has 0 aliphatic rings. The van der Waals surface area contributed by atoms with Crippen molar-refractivity contribution in [2.24, 2.45) is 7.05 Å². The highest BCUT2D eigenvalue weighted by Gasteiger charge is 2.11. The van der Waals surface area contributed by atoms with Gasteiger partial charge in [-0.3, -0.25) is 4.68 Å². The summed E-state index contributed by atoms with van der Waals surface area (Å²) in [7, 11) is 1.79.